The maximum absolute atomic E-state index is 14.3. The van der Waals surface area contributed by atoms with Gasteiger partial charge in [0.15, 0.2) is 6.17 Å². The van der Waals surface area contributed by atoms with Gasteiger partial charge >= 0.3 is 6.18 Å². The van der Waals surface area contributed by atoms with E-state index in [4.69, 9.17) is 0 Å². The second kappa shape index (κ2) is 7.03. The van der Waals surface area contributed by atoms with E-state index in [9.17, 15) is 27.1 Å². The number of aliphatic hydroxyl groups excluding tert-OH is 1. The lowest BCUT2D eigenvalue weighted by Crippen LogP contribution is -2.26. The molecule has 12 heteroatoms. The summed E-state index contributed by atoms with van der Waals surface area (Å²) in [5, 5.41) is 19.4. The number of hydrogen-bond acceptors (Lipinski definition) is 6. The fraction of sp³-hybridized carbons (Fsp3) is 0.286. The molecule has 0 radical (unpaired) electrons. The average molecular weight is 391 g/mol. The fourth-order valence-electron chi connectivity index (χ4n) is 2.11. The number of tetrazole rings is 1. The number of thiophene rings is 1. The Labute approximate surface area is 146 Å². The minimum absolute atomic E-state index is 0.274. The first kappa shape index (κ1) is 18.3. The van der Waals surface area contributed by atoms with Crippen LogP contribution in [0.15, 0.2) is 36.8 Å². The topological polar surface area (TPSA) is 76.7 Å². The first-order valence-corrected chi connectivity index (χ1v) is 7.91. The SMILES string of the molecule is OC(C(F)c1ccc(-c2ccc(C(F)(F)F)s2)cn1)C(F)n1cnnn1. The van der Waals surface area contributed by atoms with Crippen molar-refractivity contribution in [2.45, 2.75) is 24.7 Å². The van der Waals surface area contributed by atoms with Crippen LogP contribution in [0.1, 0.15) is 23.0 Å². The number of alkyl halides is 5. The van der Waals surface area contributed by atoms with Crippen LogP contribution in [0.5, 0.6) is 0 Å². The quantitative estimate of drug-likeness (QED) is 0.675. The predicted octanol–water partition coefficient (Wildman–Crippen LogP) is 3.36. The summed E-state index contributed by atoms with van der Waals surface area (Å²) in [6.45, 7) is 0. The summed E-state index contributed by atoms with van der Waals surface area (Å²) in [6, 6.07) is 4.73. The maximum Gasteiger partial charge on any atom is 0.425 e. The predicted molar refractivity (Wildman–Crippen MR) is 80.4 cm³/mol. The maximum atomic E-state index is 14.3. The molecule has 0 fully saturated rings. The Morgan fingerprint density at radius 2 is 1.88 bits per heavy atom. The van der Waals surface area contributed by atoms with E-state index in [1.807, 2.05) is 0 Å². The van der Waals surface area contributed by atoms with Gasteiger partial charge in [-0.2, -0.15) is 17.9 Å². The van der Waals surface area contributed by atoms with Crippen LogP contribution < -0.4 is 0 Å². The van der Waals surface area contributed by atoms with E-state index in [-0.39, 0.29) is 5.69 Å². The molecule has 0 bridgehead atoms. The monoisotopic (exact) mass is 391 g/mol. The van der Waals surface area contributed by atoms with Crippen molar-refractivity contribution in [2.75, 3.05) is 0 Å². The van der Waals surface area contributed by atoms with Crippen LogP contribution in [0.3, 0.4) is 0 Å². The lowest BCUT2D eigenvalue weighted by Gasteiger charge is -2.18. The molecule has 0 aliphatic rings. The Kier molecular flexibility index (Phi) is 4.96. The minimum atomic E-state index is -4.45. The molecule has 3 unspecified atom stereocenters. The molecule has 3 heterocycles. The lowest BCUT2D eigenvalue weighted by molar-refractivity contribution is -0.134. The van der Waals surface area contributed by atoms with Crippen LogP contribution in [0.25, 0.3) is 10.4 Å². The Bertz CT molecular complexity index is 851. The van der Waals surface area contributed by atoms with E-state index in [0.29, 0.717) is 26.5 Å². The van der Waals surface area contributed by atoms with Crippen molar-refractivity contribution in [3.8, 4) is 10.4 Å². The van der Waals surface area contributed by atoms with E-state index >= 15 is 0 Å². The van der Waals surface area contributed by atoms with Gasteiger partial charge < -0.3 is 5.11 Å². The third-order valence-electron chi connectivity index (χ3n) is 3.44. The number of nitrogens with zero attached hydrogens (tertiary/aromatic N) is 5. The van der Waals surface area contributed by atoms with Gasteiger partial charge in [-0.1, -0.05) is 6.07 Å². The first-order valence-electron chi connectivity index (χ1n) is 7.09. The van der Waals surface area contributed by atoms with Crippen molar-refractivity contribution in [1.82, 2.24) is 25.2 Å². The molecule has 0 aliphatic heterocycles. The van der Waals surface area contributed by atoms with Gasteiger partial charge in [0.05, 0.1) is 5.69 Å². The largest absolute Gasteiger partial charge is 0.425 e. The highest BCUT2D eigenvalue weighted by atomic mass is 32.1. The molecule has 6 nitrogen and oxygen atoms in total. The molecule has 3 rings (SSSR count). The number of aliphatic hydroxyl groups is 1. The molecule has 138 valence electrons. The Hall–Kier alpha value is -2.47. The Morgan fingerprint density at radius 1 is 1.12 bits per heavy atom. The van der Waals surface area contributed by atoms with Crippen LogP contribution in [0.4, 0.5) is 22.0 Å². The van der Waals surface area contributed by atoms with Gasteiger partial charge in [-0.25, -0.2) is 8.78 Å². The van der Waals surface area contributed by atoms with Crippen molar-refractivity contribution in [3.63, 3.8) is 0 Å². The molecule has 3 atom stereocenters. The van der Waals surface area contributed by atoms with Crippen molar-refractivity contribution < 1.29 is 27.1 Å². The number of hydrogen-bond donors (Lipinski definition) is 1. The normalized spacial score (nSPS) is 15.6. The van der Waals surface area contributed by atoms with Crippen LogP contribution in [-0.2, 0) is 6.18 Å². The Morgan fingerprint density at radius 3 is 2.42 bits per heavy atom. The number of halogens is 5. The van der Waals surface area contributed by atoms with Crippen LogP contribution in [0, 0.1) is 0 Å². The first-order chi connectivity index (χ1) is 12.3. The fourth-order valence-corrected chi connectivity index (χ4v) is 2.98. The summed E-state index contributed by atoms with van der Waals surface area (Å²) >= 11 is 0.523. The van der Waals surface area contributed by atoms with Crippen LogP contribution in [-0.4, -0.2) is 36.4 Å². The summed E-state index contributed by atoms with van der Waals surface area (Å²) in [5.74, 6) is 0. The van der Waals surface area contributed by atoms with Crippen LogP contribution >= 0.6 is 11.3 Å². The zero-order chi connectivity index (χ0) is 18.9. The van der Waals surface area contributed by atoms with E-state index < -0.39 is 29.6 Å². The second-order valence-corrected chi connectivity index (χ2v) is 6.27. The number of rotatable bonds is 5. The third-order valence-corrected chi connectivity index (χ3v) is 4.62. The van der Waals surface area contributed by atoms with E-state index in [1.165, 1.54) is 18.2 Å². The zero-order valence-corrected chi connectivity index (χ0v) is 13.5. The smallest absolute Gasteiger partial charge is 0.385 e. The van der Waals surface area contributed by atoms with Crippen LogP contribution in [0.2, 0.25) is 0 Å². The number of aromatic nitrogens is 5. The van der Waals surface area contributed by atoms with Crippen molar-refractivity contribution >= 4 is 11.3 Å². The lowest BCUT2D eigenvalue weighted by atomic mass is 10.1. The summed E-state index contributed by atoms with van der Waals surface area (Å²) in [6.07, 6.45) is -8.94. The molecule has 0 spiro atoms. The summed E-state index contributed by atoms with van der Waals surface area (Å²) < 4.78 is 66.7. The summed E-state index contributed by atoms with van der Waals surface area (Å²) in [5.41, 5.74) is 0.0674. The molecule has 0 saturated heterocycles. The molecule has 1 N–H and O–H groups in total. The minimum Gasteiger partial charge on any atom is -0.385 e. The van der Waals surface area contributed by atoms with Gasteiger partial charge in [0.25, 0.3) is 0 Å². The zero-order valence-electron chi connectivity index (χ0n) is 12.7. The number of pyridine rings is 1. The Balaban J connectivity index is 1.75. The molecule has 0 aromatic carbocycles. The second-order valence-electron chi connectivity index (χ2n) is 5.19. The highest BCUT2D eigenvalue weighted by Gasteiger charge is 2.33. The van der Waals surface area contributed by atoms with Gasteiger partial charge in [-0.05, 0) is 28.6 Å². The molecule has 3 aromatic heterocycles. The highest BCUT2D eigenvalue weighted by Crippen LogP contribution is 2.38. The third kappa shape index (κ3) is 3.70. The highest BCUT2D eigenvalue weighted by molar-refractivity contribution is 7.15. The van der Waals surface area contributed by atoms with Gasteiger partial charge in [0, 0.05) is 16.6 Å². The van der Waals surface area contributed by atoms with Gasteiger partial charge in [0.1, 0.15) is 17.3 Å². The standard InChI is InChI=1S/C14H10F5N5OS/c15-11(12(25)13(16)24-6-21-22-23-24)8-2-1-7(5-20-8)9-3-4-10(26-9)14(17,18)19/h1-6,11-13,25H. The van der Waals surface area contributed by atoms with Gasteiger partial charge in [0.2, 0.25) is 6.30 Å². The van der Waals surface area contributed by atoms with Crippen molar-refractivity contribution in [2.24, 2.45) is 0 Å². The molecular formula is C14H10F5N5OS. The molecule has 0 aliphatic carbocycles. The van der Waals surface area contributed by atoms with Crippen molar-refractivity contribution in [3.05, 3.63) is 47.4 Å². The average Bonchev–Trinajstić information content (AvgIpc) is 3.31. The summed E-state index contributed by atoms with van der Waals surface area (Å²) in [4.78, 5) is 3.30. The van der Waals surface area contributed by atoms with Gasteiger partial charge in [-0.15, -0.1) is 16.4 Å². The molecular weight excluding hydrogens is 381 g/mol. The van der Waals surface area contributed by atoms with E-state index in [2.05, 4.69) is 20.5 Å². The molecule has 0 saturated carbocycles. The van der Waals surface area contributed by atoms with Crippen molar-refractivity contribution in [1.29, 1.82) is 0 Å². The van der Waals surface area contributed by atoms with E-state index in [1.54, 1.807) is 0 Å². The molecule has 26 heavy (non-hydrogen) atoms. The van der Waals surface area contributed by atoms with Gasteiger partial charge in [-0.3, -0.25) is 4.98 Å². The molecule has 3 aromatic rings. The van der Waals surface area contributed by atoms with E-state index in [0.717, 1.165) is 18.6 Å². The molecule has 0 amide bonds. The summed E-state index contributed by atoms with van der Waals surface area (Å²) in [7, 11) is 0.